The molecule has 0 atom stereocenters. The molecule has 0 aliphatic heterocycles. The van der Waals surface area contributed by atoms with Crippen molar-refractivity contribution in [3.8, 4) is 6.07 Å². The number of hydrogen-bond donors (Lipinski definition) is 2. The molecule has 0 aliphatic carbocycles. The minimum atomic E-state index is -0.932. The highest BCUT2D eigenvalue weighted by Gasteiger charge is 2.18. The van der Waals surface area contributed by atoms with Gasteiger partial charge in [0.25, 0.3) is 11.6 Å². The molecule has 0 aromatic heterocycles. The Hall–Kier alpha value is -4.19. The number of rotatable bonds is 6. The van der Waals surface area contributed by atoms with E-state index < -0.39 is 28.1 Å². The molecule has 0 saturated heterocycles. The van der Waals surface area contributed by atoms with Crippen molar-refractivity contribution in [1.82, 2.24) is 0 Å². The van der Waals surface area contributed by atoms with Crippen molar-refractivity contribution >= 4 is 29.0 Å². The summed E-state index contributed by atoms with van der Waals surface area (Å²) < 4.78 is 4.71. The first-order chi connectivity index (χ1) is 13.4. The van der Waals surface area contributed by atoms with E-state index in [0.29, 0.717) is 5.69 Å². The minimum Gasteiger partial charge on any atom is -0.506 e. The summed E-state index contributed by atoms with van der Waals surface area (Å²) in [6, 6.07) is 12.5. The summed E-state index contributed by atoms with van der Waals surface area (Å²) in [5, 5.41) is 32.4. The van der Waals surface area contributed by atoms with Crippen molar-refractivity contribution in [1.29, 1.82) is 5.26 Å². The SMILES string of the molecule is CCOC(=O)/C(C#N)=C(\O)c1ccc(NC(=O)c2ccc([N+](=O)[O-])cc2)cc1. The van der Waals surface area contributed by atoms with Crippen molar-refractivity contribution in [2.24, 2.45) is 0 Å². The monoisotopic (exact) mass is 381 g/mol. The molecule has 0 unspecified atom stereocenters. The van der Waals surface area contributed by atoms with Crippen molar-refractivity contribution in [2.75, 3.05) is 11.9 Å². The Balaban J connectivity index is 2.16. The number of nitrogens with one attached hydrogen (secondary N) is 1. The Morgan fingerprint density at radius 2 is 1.71 bits per heavy atom. The number of aliphatic hydroxyl groups is 1. The number of nitrogens with zero attached hydrogens (tertiary/aromatic N) is 2. The van der Waals surface area contributed by atoms with E-state index in [0.717, 1.165) is 0 Å². The van der Waals surface area contributed by atoms with Gasteiger partial charge in [-0.15, -0.1) is 0 Å². The van der Waals surface area contributed by atoms with Gasteiger partial charge in [0.1, 0.15) is 11.8 Å². The zero-order chi connectivity index (χ0) is 20.7. The smallest absolute Gasteiger partial charge is 0.352 e. The number of carbonyl (C=O) groups excluding carboxylic acids is 2. The zero-order valence-electron chi connectivity index (χ0n) is 14.7. The van der Waals surface area contributed by atoms with Crippen molar-refractivity contribution in [2.45, 2.75) is 6.92 Å². The first kappa shape index (κ1) is 20.1. The molecule has 1 amide bonds. The van der Waals surface area contributed by atoms with E-state index in [1.807, 2.05) is 0 Å². The number of carbonyl (C=O) groups is 2. The Morgan fingerprint density at radius 3 is 2.21 bits per heavy atom. The van der Waals surface area contributed by atoms with Crippen molar-refractivity contribution in [3.63, 3.8) is 0 Å². The number of ether oxygens (including phenoxy) is 1. The van der Waals surface area contributed by atoms with Crippen LogP contribution in [0.5, 0.6) is 0 Å². The summed E-state index contributed by atoms with van der Waals surface area (Å²) in [4.78, 5) is 33.9. The predicted octanol–water partition coefficient (Wildman–Crippen LogP) is 3.20. The van der Waals surface area contributed by atoms with Gasteiger partial charge in [0.2, 0.25) is 0 Å². The lowest BCUT2D eigenvalue weighted by Gasteiger charge is -2.08. The zero-order valence-corrected chi connectivity index (χ0v) is 14.7. The maximum Gasteiger partial charge on any atom is 0.352 e. The van der Waals surface area contributed by atoms with Crippen LogP contribution in [0.3, 0.4) is 0 Å². The second-order valence-corrected chi connectivity index (χ2v) is 5.39. The van der Waals surface area contributed by atoms with E-state index in [2.05, 4.69) is 5.32 Å². The summed E-state index contributed by atoms with van der Waals surface area (Å²) in [6.45, 7) is 1.64. The molecule has 0 radical (unpaired) electrons. The number of amides is 1. The first-order valence-electron chi connectivity index (χ1n) is 8.04. The molecule has 0 fully saturated rings. The molecular weight excluding hydrogens is 366 g/mol. The largest absolute Gasteiger partial charge is 0.506 e. The van der Waals surface area contributed by atoms with E-state index >= 15 is 0 Å². The molecule has 0 aliphatic rings. The van der Waals surface area contributed by atoms with Gasteiger partial charge in [-0.05, 0) is 43.3 Å². The molecule has 142 valence electrons. The van der Waals surface area contributed by atoms with E-state index in [-0.39, 0.29) is 23.4 Å². The van der Waals surface area contributed by atoms with Crippen LogP contribution >= 0.6 is 0 Å². The quantitative estimate of drug-likeness (QED) is 0.195. The highest BCUT2D eigenvalue weighted by Crippen LogP contribution is 2.20. The third-order valence-electron chi connectivity index (χ3n) is 3.58. The molecule has 28 heavy (non-hydrogen) atoms. The van der Waals surface area contributed by atoms with Crippen LogP contribution in [-0.4, -0.2) is 28.5 Å². The standard InChI is InChI=1S/C19H15N3O6/c1-2-28-19(25)16(11-20)17(23)12-3-7-14(8-4-12)21-18(24)13-5-9-15(10-6-13)22(26)27/h3-10,23H,2H2,1H3,(H,21,24)/b17-16-. The molecule has 2 aromatic carbocycles. The van der Waals surface area contributed by atoms with Crippen LogP contribution < -0.4 is 5.32 Å². The van der Waals surface area contributed by atoms with E-state index in [9.17, 15) is 24.8 Å². The maximum atomic E-state index is 12.2. The maximum absolute atomic E-state index is 12.2. The Labute approximate surface area is 159 Å². The summed E-state index contributed by atoms with van der Waals surface area (Å²) in [7, 11) is 0. The molecule has 9 heteroatoms. The summed E-state index contributed by atoms with van der Waals surface area (Å²) in [5.41, 5.74) is 0.154. The lowest BCUT2D eigenvalue weighted by atomic mass is 10.1. The fourth-order valence-corrected chi connectivity index (χ4v) is 2.19. The second kappa shape index (κ2) is 8.95. The average Bonchev–Trinajstić information content (AvgIpc) is 2.69. The fraction of sp³-hybridized carbons (Fsp3) is 0.105. The van der Waals surface area contributed by atoms with E-state index in [4.69, 9.17) is 10.00 Å². The van der Waals surface area contributed by atoms with Gasteiger partial charge in [-0.3, -0.25) is 14.9 Å². The number of aliphatic hydroxyl groups excluding tert-OH is 1. The molecule has 2 N–H and O–H groups in total. The topological polar surface area (TPSA) is 143 Å². The number of nitro benzene ring substituents is 1. The Morgan fingerprint density at radius 1 is 1.14 bits per heavy atom. The molecule has 0 saturated carbocycles. The second-order valence-electron chi connectivity index (χ2n) is 5.39. The van der Waals surface area contributed by atoms with Crippen LogP contribution in [0, 0.1) is 21.4 Å². The van der Waals surface area contributed by atoms with E-state index in [1.54, 1.807) is 13.0 Å². The van der Waals surface area contributed by atoms with Gasteiger partial charge in [0.05, 0.1) is 11.5 Å². The van der Waals surface area contributed by atoms with Gasteiger partial charge in [-0.2, -0.15) is 5.26 Å². The Kier molecular flexibility index (Phi) is 6.44. The Bertz CT molecular complexity index is 972. The minimum absolute atomic E-state index is 0.0604. The number of anilines is 1. The van der Waals surface area contributed by atoms with Gasteiger partial charge in [-0.25, -0.2) is 4.79 Å². The van der Waals surface area contributed by atoms with Crippen molar-refractivity contribution < 1.29 is 24.4 Å². The number of esters is 1. The van der Waals surface area contributed by atoms with Gasteiger partial charge in [0.15, 0.2) is 5.57 Å². The highest BCUT2D eigenvalue weighted by atomic mass is 16.6. The number of benzene rings is 2. The van der Waals surface area contributed by atoms with Gasteiger partial charge < -0.3 is 15.2 Å². The summed E-state index contributed by atoms with van der Waals surface area (Å²) in [5.74, 6) is -1.95. The summed E-state index contributed by atoms with van der Waals surface area (Å²) >= 11 is 0. The molecule has 2 aromatic rings. The van der Waals surface area contributed by atoms with Crippen molar-refractivity contribution in [3.05, 3.63) is 75.3 Å². The van der Waals surface area contributed by atoms with Gasteiger partial charge in [0, 0.05) is 28.9 Å². The molecule has 9 nitrogen and oxygen atoms in total. The van der Waals surface area contributed by atoms with Crippen LogP contribution in [0.25, 0.3) is 5.76 Å². The molecule has 0 spiro atoms. The number of non-ortho nitro benzene ring substituents is 1. The van der Waals surface area contributed by atoms with Crippen LogP contribution in [0.1, 0.15) is 22.8 Å². The number of nitro groups is 1. The third kappa shape index (κ3) is 4.70. The van der Waals surface area contributed by atoms with Crippen LogP contribution in [0.15, 0.2) is 54.1 Å². The average molecular weight is 381 g/mol. The lowest BCUT2D eigenvalue weighted by Crippen LogP contribution is -2.12. The molecule has 0 heterocycles. The predicted molar refractivity (Wildman–Crippen MR) is 99.3 cm³/mol. The van der Waals surface area contributed by atoms with Crippen LogP contribution in [-0.2, 0) is 9.53 Å². The fourth-order valence-electron chi connectivity index (χ4n) is 2.19. The molecule has 0 bridgehead atoms. The normalized spacial score (nSPS) is 11.0. The number of hydrogen-bond acceptors (Lipinski definition) is 7. The van der Waals surface area contributed by atoms with E-state index in [1.165, 1.54) is 48.5 Å². The third-order valence-corrected chi connectivity index (χ3v) is 3.58. The summed E-state index contributed by atoms with van der Waals surface area (Å²) in [6.07, 6.45) is 0. The first-order valence-corrected chi connectivity index (χ1v) is 8.04. The lowest BCUT2D eigenvalue weighted by molar-refractivity contribution is -0.384. The molecular formula is C19H15N3O6. The van der Waals surface area contributed by atoms with Gasteiger partial charge >= 0.3 is 5.97 Å². The molecule has 2 rings (SSSR count). The van der Waals surface area contributed by atoms with Gasteiger partial charge in [-0.1, -0.05) is 0 Å². The van der Waals surface area contributed by atoms with Crippen LogP contribution in [0.2, 0.25) is 0 Å². The highest BCUT2D eigenvalue weighted by molar-refractivity contribution is 6.04. The van der Waals surface area contributed by atoms with Crippen LogP contribution in [0.4, 0.5) is 11.4 Å². The number of nitriles is 1.